The lowest BCUT2D eigenvalue weighted by molar-refractivity contribution is -0.117. The molecular formula is C21H30N4OS. The molecule has 0 saturated heterocycles. The Kier molecular flexibility index (Phi) is 6.76. The van der Waals surface area contributed by atoms with Crippen molar-refractivity contribution in [1.82, 2.24) is 15.6 Å². The SMILES string of the molecule is C=C(C)/C(C(C(=O)NCc1ncc(C)s1)=C(C)C)=C(\N=CC)NC1(C)CC1. The minimum absolute atomic E-state index is 0.0458. The summed E-state index contributed by atoms with van der Waals surface area (Å²) in [7, 11) is 0. The summed E-state index contributed by atoms with van der Waals surface area (Å²) in [5.74, 6) is 0.578. The van der Waals surface area contributed by atoms with Crippen LogP contribution in [-0.4, -0.2) is 22.6 Å². The highest BCUT2D eigenvalue weighted by Crippen LogP contribution is 2.37. The predicted octanol–water partition coefficient (Wildman–Crippen LogP) is 4.42. The Bertz CT molecular complexity index is 821. The highest BCUT2D eigenvalue weighted by Gasteiger charge is 2.38. The number of aryl methyl sites for hydroxylation is 1. The van der Waals surface area contributed by atoms with Crippen LogP contribution in [0.25, 0.3) is 0 Å². The van der Waals surface area contributed by atoms with Gasteiger partial charge in [0.2, 0.25) is 0 Å². The van der Waals surface area contributed by atoms with Crippen molar-refractivity contribution in [3.05, 3.63) is 50.8 Å². The number of hydrogen-bond donors (Lipinski definition) is 2. The molecule has 1 fully saturated rings. The molecule has 1 aromatic rings. The van der Waals surface area contributed by atoms with Crippen LogP contribution in [0.3, 0.4) is 0 Å². The summed E-state index contributed by atoms with van der Waals surface area (Å²) in [5.41, 5.74) is 3.17. The van der Waals surface area contributed by atoms with Crippen LogP contribution in [0.1, 0.15) is 57.3 Å². The van der Waals surface area contributed by atoms with Crippen molar-refractivity contribution in [1.29, 1.82) is 0 Å². The van der Waals surface area contributed by atoms with Gasteiger partial charge < -0.3 is 10.6 Å². The van der Waals surface area contributed by atoms with Gasteiger partial charge in [0.15, 0.2) is 0 Å². The van der Waals surface area contributed by atoms with E-state index in [1.807, 2.05) is 40.8 Å². The van der Waals surface area contributed by atoms with Crippen LogP contribution in [0.4, 0.5) is 0 Å². The number of thiazole rings is 1. The quantitative estimate of drug-likeness (QED) is 0.395. The van der Waals surface area contributed by atoms with E-state index in [0.717, 1.165) is 39.4 Å². The van der Waals surface area contributed by atoms with E-state index in [0.29, 0.717) is 17.9 Å². The standard InChI is InChI=1S/C21H30N4OS/c1-8-22-19(25-21(7)9-10-21)17(13(2)3)18(14(4)5)20(26)24-12-16-23-11-15(6)27-16/h8,11,25H,2,9-10,12H2,1,3-7H3,(H,24,26)/b19-17-,22-8?. The Morgan fingerprint density at radius 1 is 1.37 bits per heavy atom. The Morgan fingerprint density at radius 3 is 2.48 bits per heavy atom. The van der Waals surface area contributed by atoms with Crippen LogP contribution in [0.15, 0.2) is 45.9 Å². The third-order valence-electron chi connectivity index (χ3n) is 4.39. The fourth-order valence-electron chi connectivity index (χ4n) is 2.74. The molecule has 0 bridgehead atoms. The van der Waals surface area contributed by atoms with Crippen LogP contribution < -0.4 is 10.6 Å². The molecule has 2 rings (SSSR count). The average Bonchev–Trinajstić information content (AvgIpc) is 3.15. The van der Waals surface area contributed by atoms with E-state index in [-0.39, 0.29) is 11.4 Å². The number of carbonyl (C=O) groups is 1. The van der Waals surface area contributed by atoms with Gasteiger partial charge >= 0.3 is 0 Å². The lowest BCUT2D eigenvalue weighted by atomic mass is 9.95. The maximum absolute atomic E-state index is 13.1. The van der Waals surface area contributed by atoms with E-state index < -0.39 is 0 Å². The summed E-state index contributed by atoms with van der Waals surface area (Å²) in [6, 6.07) is 0. The molecule has 0 atom stereocenters. The molecule has 1 aliphatic rings. The zero-order valence-electron chi connectivity index (χ0n) is 17.2. The summed E-state index contributed by atoms with van der Waals surface area (Å²) in [5, 5.41) is 7.41. The lowest BCUT2D eigenvalue weighted by Crippen LogP contribution is -2.31. The molecule has 0 aromatic carbocycles. The van der Waals surface area contributed by atoms with Gasteiger partial charge in [0.05, 0.1) is 6.54 Å². The van der Waals surface area contributed by atoms with Gasteiger partial charge in [-0.2, -0.15) is 0 Å². The molecule has 5 nitrogen and oxygen atoms in total. The molecule has 1 amide bonds. The Hall–Kier alpha value is -2.21. The van der Waals surface area contributed by atoms with Crippen molar-refractivity contribution in [2.45, 2.75) is 66.5 Å². The van der Waals surface area contributed by atoms with Crippen molar-refractivity contribution in [3.8, 4) is 0 Å². The van der Waals surface area contributed by atoms with Gasteiger partial charge in [0.25, 0.3) is 5.91 Å². The second kappa shape index (κ2) is 8.65. The highest BCUT2D eigenvalue weighted by molar-refractivity contribution is 7.11. The monoisotopic (exact) mass is 386 g/mol. The smallest absolute Gasteiger partial charge is 0.252 e. The van der Waals surface area contributed by atoms with Crippen molar-refractivity contribution in [3.63, 3.8) is 0 Å². The molecular weight excluding hydrogens is 356 g/mol. The second-order valence-corrected chi connectivity index (χ2v) is 8.82. The zero-order valence-corrected chi connectivity index (χ0v) is 18.0. The van der Waals surface area contributed by atoms with Gasteiger partial charge in [-0.25, -0.2) is 9.98 Å². The van der Waals surface area contributed by atoms with Gasteiger partial charge in [-0.3, -0.25) is 4.79 Å². The van der Waals surface area contributed by atoms with Crippen molar-refractivity contribution < 1.29 is 4.79 Å². The van der Waals surface area contributed by atoms with Crippen LogP contribution in [-0.2, 0) is 11.3 Å². The summed E-state index contributed by atoms with van der Waals surface area (Å²) in [6.45, 7) is 16.4. The first kappa shape index (κ1) is 21.1. The number of allylic oxidation sites excluding steroid dienone is 2. The van der Waals surface area contributed by atoms with Crippen molar-refractivity contribution in [2.24, 2.45) is 4.99 Å². The van der Waals surface area contributed by atoms with Gasteiger partial charge in [0.1, 0.15) is 10.8 Å². The summed E-state index contributed by atoms with van der Waals surface area (Å²) in [4.78, 5) is 23.0. The van der Waals surface area contributed by atoms with Crippen molar-refractivity contribution in [2.75, 3.05) is 0 Å². The Labute approximate surface area is 166 Å². The van der Waals surface area contributed by atoms with Crippen LogP contribution in [0.5, 0.6) is 0 Å². The third kappa shape index (κ3) is 5.63. The fourth-order valence-corrected chi connectivity index (χ4v) is 3.47. The molecule has 1 saturated carbocycles. The molecule has 146 valence electrons. The number of aliphatic imine (C=N–C) groups is 1. The largest absolute Gasteiger partial charge is 0.364 e. The molecule has 0 aliphatic heterocycles. The second-order valence-electron chi connectivity index (χ2n) is 7.50. The van der Waals surface area contributed by atoms with Gasteiger partial charge in [-0.1, -0.05) is 12.2 Å². The molecule has 0 spiro atoms. The average molecular weight is 387 g/mol. The van der Waals surface area contributed by atoms with Crippen molar-refractivity contribution >= 4 is 23.5 Å². The maximum atomic E-state index is 13.1. The molecule has 1 heterocycles. The first-order chi connectivity index (χ1) is 12.7. The lowest BCUT2D eigenvalue weighted by Gasteiger charge is -2.21. The first-order valence-corrected chi connectivity index (χ1v) is 10.0. The van der Waals surface area contributed by atoms with E-state index in [4.69, 9.17) is 0 Å². The van der Waals surface area contributed by atoms with E-state index in [9.17, 15) is 4.79 Å². The highest BCUT2D eigenvalue weighted by atomic mass is 32.1. The van der Waals surface area contributed by atoms with Crippen LogP contribution in [0, 0.1) is 6.92 Å². The third-order valence-corrected chi connectivity index (χ3v) is 5.30. The molecule has 1 aliphatic carbocycles. The fraction of sp³-hybridized carbons (Fsp3) is 0.476. The number of nitrogens with one attached hydrogen (secondary N) is 2. The minimum atomic E-state index is -0.132. The number of amides is 1. The summed E-state index contributed by atoms with van der Waals surface area (Å²) < 4.78 is 0. The van der Waals surface area contributed by atoms with Gasteiger partial charge in [-0.15, -0.1) is 11.3 Å². The number of nitrogens with zero attached hydrogens (tertiary/aromatic N) is 2. The van der Waals surface area contributed by atoms with Gasteiger partial charge in [0, 0.05) is 34.0 Å². The topological polar surface area (TPSA) is 66.4 Å². The van der Waals surface area contributed by atoms with E-state index in [1.54, 1.807) is 17.6 Å². The number of hydrogen-bond acceptors (Lipinski definition) is 5. The summed E-state index contributed by atoms with van der Waals surface area (Å²) in [6.07, 6.45) is 5.76. The van der Waals surface area contributed by atoms with E-state index in [2.05, 4.69) is 34.1 Å². The first-order valence-electron chi connectivity index (χ1n) is 9.21. The molecule has 0 unspecified atom stereocenters. The number of aromatic nitrogens is 1. The summed E-state index contributed by atoms with van der Waals surface area (Å²) >= 11 is 1.59. The minimum Gasteiger partial charge on any atom is -0.364 e. The van der Waals surface area contributed by atoms with Crippen LogP contribution >= 0.6 is 11.3 Å². The molecule has 1 aromatic heterocycles. The molecule has 27 heavy (non-hydrogen) atoms. The normalized spacial score (nSPS) is 15.9. The Balaban J connectivity index is 2.36. The number of rotatable bonds is 8. The predicted molar refractivity (Wildman–Crippen MR) is 114 cm³/mol. The Morgan fingerprint density at radius 2 is 2.04 bits per heavy atom. The zero-order chi connectivity index (χ0) is 20.2. The van der Waals surface area contributed by atoms with Crippen LogP contribution in [0.2, 0.25) is 0 Å². The molecule has 6 heteroatoms. The molecule has 2 N–H and O–H groups in total. The van der Waals surface area contributed by atoms with E-state index in [1.165, 1.54) is 0 Å². The number of carbonyl (C=O) groups excluding carboxylic acids is 1. The van der Waals surface area contributed by atoms with E-state index >= 15 is 0 Å². The molecule has 0 radical (unpaired) electrons. The van der Waals surface area contributed by atoms with Gasteiger partial charge in [-0.05, 0) is 60.0 Å². The maximum Gasteiger partial charge on any atom is 0.252 e.